The largest absolute Gasteiger partial charge is 0.294 e. The maximum Gasteiger partial charge on any atom is 0.160 e. The Morgan fingerprint density at radius 3 is 2.61 bits per heavy atom. The summed E-state index contributed by atoms with van der Waals surface area (Å²) >= 11 is 3.23. The minimum atomic E-state index is -0.308. The van der Waals surface area contributed by atoms with E-state index in [0.29, 0.717) is 4.47 Å². The SMILES string of the molecule is O=C(C=C1CCCCC1)Cc1cc(F)cc(Br)c1. The molecule has 96 valence electrons. The highest BCUT2D eigenvalue weighted by Crippen LogP contribution is 2.23. The Morgan fingerprint density at radius 1 is 1.22 bits per heavy atom. The number of carbonyl (C=O) groups excluding carboxylic acids is 1. The minimum Gasteiger partial charge on any atom is -0.294 e. The fourth-order valence-corrected chi connectivity index (χ4v) is 2.86. The molecule has 3 heteroatoms. The molecule has 0 spiro atoms. The molecule has 1 aliphatic carbocycles. The van der Waals surface area contributed by atoms with Crippen LogP contribution in [0.1, 0.15) is 37.7 Å². The van der Waals surface area contributed by atoms with Crippen molar-refractivity contribution in [3.63, 3.8) is 0 Å². The number of allylic oxidation sites excluding steroid dienone is 2. The smallest absolute Gasteiger partial charge is 0.160 e. The van der Waals surface area contributed by atoms with Crippen molar-refractivity contribution in [1.82, 2.24) is 0 Å². The molecule has 0 atom stereocenters. The lowest BCUT2D eigenvalue weighted by Gasteiger charge is -2.12. The molecule has 18 heavy (non-hydrogen) atoms. The van der Waals surface area contributed by atoms with E-state index in [1.165, 1.54) is 37.0 Å². The van der Waals surface area contributed by atoms with E-state index >= 15 is 0 Å². The normalized spacial score (nSPS) is 15.6. The minimum absolute atomic E-state index is 0.0735. The van der Waals surface area contributed by atoms with Gasteiger partial charge < -0.3 is 0 Å². The first-order valence-electron chi connectivity index (χ1n) is 6.31. The average molecular weight is 311 g/mol. The molecule has 1 nitrogen and oxygen atoms in total. The lowest BCUT2D eigenvalue weighted by atomic mass is 9.93. The average Bonchev–Trinajstić information content (AvgIpc) is 2.28. The van der Waals surface area contributed by atoms with Crippen molar-refractivity contribution in [3.05, 3.63) is 45.7 Å². The molecule has 0 heterocycles. The van der Waals surface area contributed by atoms with Gasteiger partial charge in [-0.3, -0.25) is 4.79 Å². The number of halogens is 2. The van der Waals surface area contributed by atoms with Crippen molar-refractivity contribution in [3.8, 4) is 0 Å². The number of carbonyl (C=O) groups is 1. The Morgan fingerprint density at radius 2 is 1.94 bits per heavy atom. The topological polar surface area (TPSA) is 17.1 Å². The van der Waals surface area contributed by atoms with Crippen LogP contribution in [0.25, 0.3) is 0 Å². The van der Waals surface area contributed by atoms with Gasteiger partial charge in [0.2, 0.25) is 0 Å². The van der Waals surface area contributed by atoms with Crippen LogP contribution in [-0.4, -0.2) is 5.78 Å². The van der Waals surface area contributed by atoms with Crippen molar-refractivity contribution in [2.75, 3.05) is 0 Å². The van der Waals surface area contributed by atoms with Gasteiger partial charge in [0.05, 0.1) is 0 Å². The molecule has 0 amide bonds. The fraction of sp³-hybridized carbons (Fsp3) is 0.400. The van der Waals surface area contributed by atoms with Crippen LogP contribution >= 0.6 is 15.9 Å². The Hall–Kier alpha value is -0.960. The highest BCUT2D eigenvalue weighted by Gasteiger charge is 2.09. The van der Waals surface area contributed by atoms with Crippen LogP contribution < -0.4 is 0 Å². The maximum absolute atomic E-state index is 13.2. The molecule has 1 fully saturated rings. The van der Waals surface area contributed by atoms with Crippen LogP contribution in [0.5, 0.6) is 0 Å². The molecule has 0 saturated heterocycles. The standard InChI is InChI=1S/C15H16BrFO/c16-13-6-12(7-14(17)10-13)9-15(18)8-11-4-2-1-3-5-11/h6-8,10H,1-5,9H2. The van der Waals surface area contributed by atoms with E-state index in [1.54, 1.807) is 12.1 Å². The Bertz CT molecular complexity index is 451. The molecule has 2 rings (SSSR count). The second-order valence-corrected chi connectivity index (χ2v) is 5.70. The molecular weight excluding hydrogens is 295 g/mol. The number of rotatable bonds is 3. The third-order valence-electron chi connectivity index (χ3n) is 3.16. The predicted octanol–water partition coefficient (Wildman–Crippen LogP) is 4.59. The summed E-state index contributed by atoms with van der Waals surface area (Å²) in [6.07, 6.45) is 7.76. The zero-order valence-electron chi connectivity index (χ0n) is 10.2. The summed E-state index contributed by atoms with van der Waals surface area (Å²) < 4.78 is 13.9. The third-order valence-corrected chi connectivity index (χ3v) is 3.62. The monoisotopic (exact) mass is 310 g/mol. The second kappa shape index (κ2) is 6.28. The van der Waals surface area contributed by atoms with E-state index in [-0.39, 0.29) is 18.0 Å². The number of hydrogen-bond acceptors (Lipinski definition) is 1. The lowest BCUT2D eigenvalue weighted by molar-refractivity contribution is -0.114. The van der Waals surface area contributed by atoms with Gasteiger partial charge in [-0.2, -0.15) is 0 Å². The Labute approximate surface area is 115 Å². The lowest BCUT2D eigenvalue weighted by Crippen LogP contribution is -2.03. The van der Waals surface area contributed by atoms with Gasteiger partial charge in [0.15, 0.2) is 5.78 Å². The van der Waals surface area contributed by atoms with E-state index in [1.807, 2.05) is 0 Å². The van der Waals surface area contributed by atoms with Crippen LogP contribution in [-0.2, 0) is 11.2 Å². The molecule has 0 unspecified atom stereocenters. The zero-order valence-corrected chi connectivity index (χ0v) is 11.8. The molecule has 1 aromatic rings. The van der Waals surface area contributed by atoms with Gasteiger partial charge in [0.1, 0.15) is 5.82 Å². The Balaban J connectivity index is 2.02. The van der Waals surface area contributed by atoms with Crippen molar-refractivity contribution >= 4 is 21.7 Å². The molecular formula is C15H16BrFO. The van der Waals surface area contributed by atoms with Crippen LogP contribution in [0.3, 0.4) is 0 Å². The first kappa shape index (κ1) is 13.5. The molecule has 0 radical (unpaired) electrons. The molecule has 0 bridgehead atoms. The summed E-state index contributed by atoms with van der Waals surface area (Å²) in [5, 5.41) is 0. The van der Waals surface area contributed by atoms with E-state index in [4.69, 9.17) is 0 Å². The summed E-state index contributed by atoms with van der Waals surface area (Å²) in [6, 6.07) is 4.61. The van der Waals surface area contributed by atoms with Gasteiger partial charge in [-0.1, -0.05) is 27.9 Å². The van der Waals surface area contributed by atoms with E-state index < -0.39 is 0 Å². The summed E-state index contributed by atoms with van der Waals surface area (Å²) in [6.45, 7) is 0. The van der Waals surface area contributed by atoms with Gasteiger partial charge in [-0.15, -0.1) is 0 Å². The molecule has 1 saturated carbocycles. The number of benzene rings is 1. The molecule has 0 aromatic heterocycles. The molecule has 1 aromatic carbocycles. The van der Waals surface area contributed by atoms with Gasteiger partial charge in [-0.25, -0.2) is 4.39 Å². The van der Waals surface area contributed by atoms with E-state index in [0.717, 1.165) is 18.4 Å². The third kappa shape index (κ3) is 4.05. The van der Waals surface area contributed by atoms with Gasteiger partial charge in [0, 0.05) is 10.9 Å². The van der Waals surface area contributed by atoms with Crippen molar-refractivity contribution in [2.24, 2.45) is 0 Å². The highest BCUT2D eigenvalue weighted by atomic mass is 79.9. The number of hydrogen-bond donors (Lipinski definition) is 0. The highest BCUT2D eigenvalue weighted by molar-refractivity contribution is 9.10. The summed E-state index contributed by atoms with van der Waals surface area (Å²) in [7, 11) is 0. The molecule has 0 aliphatic heterocycles. The van der Waals surface area contributed by atoms with Crippen molar-refractivity contribution < 1.29 is 9.18 Å². The molecule has 0 N–H and O–H groups in total. The van der Waals surface area contributed by atoms with Crippen LogP contribution in [0.2, 0.25) is 0 Å². The van der Waals surface area contributed by atoms with Gasteiger partial charge >= 0.3 is 0 Å². The van der Waals surface area contributed by atoms with Gasteiger partial charge in [0.25, 0.3) is 0 Å². The maximum atomic E-state index is 13.2. The Kier molecular flexibility index (Phi) is 4.70. The van der Waals surface area contributed by atoms with E-state index in [2.05, 4.69) is 15.9 Å². The fourth-order valence-electron chi connectivity index (χ4n) is 2.34. The van der Waals surface area contributed by atoms with Crippen molar-refractivity contribution in [1.29, 1.82) is 0 Å². The predicted molar refractivity (Wildman–Crippen MR) is 74.0 cm³/mol. The van der Waals surface area contributed by atoms with Gasteiger partial charge in [-0.05, 0) is 55.5 Å². The zero-order chi connectivity index (χ0) is 13.0. The van der Waals surface area contributed by atoms with Crippen LogP contribution in [0, 0.1) is 5.82 Å². The van der Waals surface area contributed by atoms with Crippen LogP contribution in [0.15, 0.2) is 34.3 Å². The number of ketones is 1. The summed E-state index contributed by atoms with van der Waals surface area (Å²) in [5.41, 5.74) is 1.97. The summed E-state index contributed by atoms with van der Waals surface area (Å²) in [5.74, 6) is -0.234. The second-order valence-electron chi connectivity index (χ2n) is 4.78. The van der Waals surface area contributed by atoms with Crippen LogP contribution in [0.4, 0.5) is 4.39 Å². The quantitative estimate of drug-likeness (QED) is 0.746. The summed E-state index contributed by atoms with van der Waals surface area (Å²) in [4.78, 5) is 11.9. The van der Waals surface area contributed by atoms with E-state index in [9.17, 15) is 9.18 Å². The first-order chi connectivity index (χ1) is 8.63. The van der Waals surface area contributed by atoms with Crippen molar-refractivity contribution in [2.45, 2.75) is 38.5 Å². The first-order valence-corrected chi connectivity index (χ1v) is 7.10. The molecule has 1 aliphatic rings.